The number of ether oxygens (including phenoxy) is 1. The van der Waals surface area contributed by atoms with Crippen LogP contribution in [-0.4, -0.2) is 30.6 Å². The van der Waals surface area contributed by atoms with Gasteiger partial charge in [0.25, 0.3) is 10.0 Å². The van der Waals surface area contributed by atoms with Crippen molar-refractivity contribution in [3.05, 3.63) is 70.2 Å². The number of aromatic nitrogens is 1. The number of hydrogen-bond acceptors (Lipinski definition) is 4. The quantitative estimate of drug-likeness (QED) is 0.621. The lowest BCUT2D eigenvalue weighted by Gasteiger charge is -2.05. The molecule has 0 spiro atoms. The van der Waals surface area contributed by atoms with E-state index in [1.807, 2.05) is 0 Å². The highest BCUT2D eigenvalue weighted by molar-refractivity contribution is 7.93. The normalized spacial score (nSPS) is 11.9. The summed E-state index contributed by atoms with van der Waals surface area (Å²) in [5, 5.41) is 11.1. The highest BCUT2D eigenvalue weighted by Gasteiger charge is 2.18. The van der Waals surface area contributed by atoms with E-state index >= 15 is 0 Å². The number of aryl methyl sites for hydroxylation is 1. The predicted octanol–water partition coefficient (Wildman–Crippen LogP) is 4.17. The van der Waals surface area contributed by atoms with Crippen LogP contribution in [0.5, 0.6) is 5.75 Å². The molecule has 28 heavy (non-hydrogen) atoms. The second-order valence-electron chi connectivity index (χ2n) is 6.10. The molecule has 0 bridgehead atoms. The van der Waals surface area contributed by atoms with Crippen LogP contribution in [0.3, 0.4) is 0 Å². The molecule has 0 radical (unpaired) electrons. The van der Waals surface area contributed by atoms with E-state index in [-0.39, 0.29) is 12.8 Å². The Morgan fingerprint density at radius 1 is 1.25 bits per heavy atom. The molecule has 0 atom stereocenters. The molecule has 3 rings (SSSR count). The molecule has 1 aromatic heterocycles. The Morgan fingerprint density at radius 3 is 2.68 bits per heavy atom. The van der Waals surface area contributed by atoms with Crippen LogP contribution < -0.4 is 4.74 Å². The number of benzene rings is 2. The Bertz CT molecular complexity index is 1160. The third kappa shape index (κ3) is 4.21. The van der Waals surface area contributed by atoms with Crippen LogP contribution in [0, 0.1) is 0 Å². The van der Waals surface area contributed by atoms with Gasteiger partial charge in [0, 0.05) is 23.0 Å². The maximum atomic E-state index is 12.9. The molecule has 0 aliphatic carbocycles. The van der Waals surface area contributed by atoms with Gasteiger partial charge < -0.3 is 9.84 Å². The van der Waals surface area contributed by atoms with Gasteiger partial charge in [-0.05, 0) is 47.9 Å². The van der Waals surface area contributed by atoms with Gasteiger partial charge in [-0.1, -0.05) is 29.8 Å². The number of hydrogen-bond donors (Lipinski definition) is 1. The zero-order chi connectivity index (χ0) is 20.3. The summed E-state index contributed by atoms with van der Waals surface area (Å²) in [6.07, 6.45) is 2.99. The van der Waals surface area contributed by atoms with Crippen LogP contribution in [0.15, 0.2) is 54.1 Å². The first kappa shape index (κ1) is 20.0. The molecular weight excluding hydrogens is 402 g/mol. The van der Waals surface area contributed by atoms with Gasteiger partial charge in [-0.2, -0.15) is 0 Å². The minimum atomic E-state index is -3.85. The smallest absolute Gasteiger partial charge is 0.303 e. The van der Waals surface area contributed by atoms with Gasteiger partial charge in [-0.3, -0.25) is 4.79 Å². The standard InChI is InChI=1S/C20H18ClNO5S/c1-27-16-7-8-19-17(12-16)15(6-9-20(23)24)13-22(19)28(25,26)11-10-14-4-2-3-5-18(14)21/h2-5,7-8,10-13H,6,9H2,1H3,(H,23,24)/b11-10+. The number of fused-ring (bicyclic) bond motifs is 1. The van der Waals surface area contributed by atoms with E-state index in [4.69, 9.17) is 21.4 Å². The van der Waals surface area contributed by atoms with Crippen LogP contribution in [-0.2, 0) is 21.2 Å². The molecule has 8 heteroatoms. The lowest BCUT2D eigenvalue weighted by molar-refractivity contribution is -0.136. The van der Waals surface area contributed by atoms with Crippen molar-refractivity contribution < 1.29 is 23.1 Å². The SMILES string of the molecule is COc1ccc2c(c1)c(CCC(=O)O)cn2S(=O)(=O)/C=C/c1ccccc1Cl. The second-order valence-corrected chi connectivity index (χ2v) is 8.20. The van der Waals surface area contributed by atoms with E-state index in [0.717, 1.165) is 9.38 Å². The summed E-state index contributed by atoms with van der Waals surface area (Å²) in [6.45, 7) is 0. The summed E-state index contributed by atoms with van der Waals surface area (Å²) in [6, 6.07) is 11.9. The summed E-state index contributed by atoms with van der Waals surface area (Å²) in [7, 11) is -2.34. The van der Waals surface area contributed by atoms with Crippen molar-refractivity contribution in [2.45, 2.75) is 12.8 Å². The highest BCUT2D eigenvalue weighted by atomic mass is 35.5. The molecule has 0 aliphatic heterocycles. The van der Waals surface area contributed by atoms with Gasteiger partial charge in [-0.15, -0.1) is 0 Å². The second kappa shape index (κ2) is 8.08. The monoisotopic (exact) mass is 419 g/mol. The topological polar surface area (TPSA) is 85.6 Å². The van der Waals surface area contributed by atoms with Crippen molar-refractivity contribution in [3.8, 4) is 5.75 Å². The van der Waals surface area contributed by atoms with E-state index in [2.05, 4.69) is 0 Å². The van der Waals surface area contributed by atoms with E-state index in [9.17, 15) is 13.2 Å². The molecule has 0 unspecified atom stereocenters. The molecule has 0 saturated heterocycles. The zero-order valence-electron chi connectivity index (χ0n) is 15.0. The van der Waals surface area contributed by atoms with E-state index in [0.29, 0.717) is 32.8 Å². The van der Waals surface area contributed by atoms with Crippen molar-refractivity contribution in [1.29, 1.82) is 0 Å². The van der Waals surface area contributed by atoms with Gasteiger partial charge >= 0.3 is 5.97 Å². The lowest BCUT2D eigenvalue weighted by Crippen LogP contribution is -2.07. The molecular formula is C20H18ClNO5S. The van der Waals surface area contributed by atoms with Gasteiger partial charge in [-0.25, -0.2) is 12.4 Å². The van der Waals surface area contributed by atoms with Crippen LogP contribution in [0.25, 0.3) is 17.0 Å². The predicted molar refractivity (Wildman–Crippen MR) is 109 cm³/mol. The summed E-state index contributed by atoms with van der Waals surface area (Å²) in [5.41, 5.74) is 1.65. The summed E-state index contributed by atoms with van der Waals surface area (Å²) >= 11 is 6.08. The molecule has 2 aromatic carbocycles. The number of rotatable bonds is 7. The van der Waals surface area contributed by atoms with Crippen LogP contribution in [0.1, 0.15) is 17.5 Å². The molecule has 1 N–H and O–H groups in total. The molecule has 3 aromatic rings. The van der Waals surface area contributed by atoms with Crippen LogP contribution >= 0.6 is 11.6 Å². The Hall–Kier alpha value is -2.77. The number of aliphatic carboxylic acids is 1. The summed E-state index contributed by atoms with van der Waals surface area (Å²) in [5.74, 6) is -0.392. The molecule has 1 heterocycles. The van der Waals surface area contributed by atoms with Crippen molar-refractivity contribution in [2.75, 3.05) is 7.11 Å². The number of halogens is 1. The largest absolute Gasteiger partial charge is 0.497 e. The molecule has 0 fully saturated rings. The number of methoxy groups -OCH3 is 1. The fourth-order valence-electron chi connectivity index (χ4n) is 2.86. The number of carboxylic acid groups (broad SMARTS) is 1. The fourth-order valence-corrected chi connectivity index (χ4v) is 4.21. The molecule has 146 valence electrons. The van der Waals surface area contributed by atoms with Crippen LogP contribution in [0.2, 0.25) is 5.02 Å². The van der Waals surface area contributed by atoms with E-state index < -0.39 is 16.0 Å². The maximum absolute atomic E-state index is 12.9. The lowest BCUT2D eigenvalue weighted by atomic mass is 10.1. The number of carbonyl (C=O) groups is 1. The first-order valence-corrected chi connectivity index (χ1v) is 10.3. The van der Waals surface area contributed by atoms with Crippen molar-refractivity contribution >= 4 is 44.6 Å². The van der Waals surface area contributed by atoms with Gasteiger partial charge in [0.05, 0.1) is 18.0 Å². The average molecular weight is 420 g/mol. The Balaban J connectivity index is 2.08. The number of nitrogens with zero attached hydrogens (tertiary/aromatic N) is 1. The number of carboxylic acids is 1. The minimum absolute atomic E-state index is 0.105. The first-order chi connectivity index (χ1) is 13.3. The van der Waals surface area contributed by atoms with E-state index in [1.54, 1.807) is 42.5 Å². The maximum Gasteiger partial charge on any atom is 0.303 e. The van der Waals surface area contributed by atoms with Crippen molar-refractivity contribution in [1.82, 2.24) is 3.97 Å². The first-order valence-electron chi connectivity index (χ1n) is 8.40. The van der Waals surface area contributed by atoms with Gasteiger partial charge in [0.2, 0.25) is 0 Å². The Labute approximate surface area is 167 Å². The van der Waals surface area contributed by atoms with Crippen molar-refractivity contribution in [3.63, 3.8) is 0 Å². The third-order valence-electron chi connectivity index (χ3n) is 4.27. The third-order valence-corrected chi connectivity index (χ3v) is 5.94. The van der Waals surface area contributed by atoms with Crippen LogP contribution in [0.4, 0.5) is 0 Å². The van der Waals surface area contributed by atoms with Gasteiger partial charge in [0.15, 0.2) is 0 Å². The molecule has 0 saturated carbocycles. The van der Waals surface area contributed by atoms with E-state index in [1.165, 1.54) is 19.4 Å². The Morgan fingerprint density at radius 2 is 2.00 bits per heavy atom. The minimum Gasteiger partial charge on any atom is -0.497 e. The molecule has 6 nitrogen and oxygen atoms in total. The molecule has 0 amide bonds. The fraction of sp³-hybridized carbons (Fsp3) is 0.150. The molecule has 0 aliphatic rings. The Kier molecular flexibility index (Phi) is 5.76. The summed E-state index contributed by atoms with van der Waals surface area (Å²) in [4.78, 5) is 11.0. The zero-order valence-corrected chi connectivity index (χ0v) is 16.6. The summed E-state index contributed by atoms with van der Waals surface area (Å²) < 4.78 is 32.2. The highest BCUT2D eigenvalue weighted by Crippen LogP contribution is 2.29. The van der Waals surface area contributed by atoms with Crippen molar-refractivity contribution in [2.24, 2.45) is 0 Å². The van der Waals surface area contributed by atoms with Gasteiger partial charge in [0.1, 0.15) is 5.75 Å². The average Bonchev–Trinajstić information content (AvgIpc) is 3.04.